The van der Waals surface area contributed by atoms with E-state index in [0.717, 1.165) is 14.6 Å². The monoisotopic (exact) mass is 403 g/mol. The predicted molar refractivity (Wildman–Crippen MR) is 99.1 cm³/mol. The number of benzene rings is 2. The maximum atomic E-state index is 12.9. The molecule has 2 aromatic carbocycles. The third kappa shape index (κ3) is 2.76. The number of hydrogen-bond acceptors (Lipinski definition) is 6. The second-order valence-corrected chi connectivity index (χ2v) is 8.33. The summed E-state index contributed by atoms with van der Waals surface area (Å²) in [7, 11) is -3.90. The Morgan fingerprint density at radius 3 is 2.61 bits per heavy atom. The summed E-state index contributed by atoms with van der Waals surface area (Å²) in [4.78, 5) is 37.3. The molecule has 2 aromatic rings. The highest BCUT2D eigenvalue weighted by molar-refractivity contribution is 7.93. The molecule has 1 atom stereocenters. The molecule has 1 saturated heterocycles. The number of hydrogen-bond donors (Lipinski definition) is 1. The maximum absolute atomic E-state index is 12.9. The molecule has 0 unspecified atom stereocenters. The molecule has 146 valence electrons. The number of urea groups is 1. The fraction of sp³-hybridized carbons (Fsp3) is 0.278. The summed E-state index contributed by atoms with van der Waals surface area (Å²) >= 11 is 0. The van der Waals surface area contributed by atoms with E-state index in [4.69, 9.17) is 4.74 Å². The summed E-state index contributed by atoms with van der Waals surface area (Å²) in [6.07, 6.45) is -1.21. The first-order valence-electron chi connectivity index (χ1n) is 8.64. The molecule has 1 N–H and O–H groups in total. The van der Waals surface area contributed by atoms with Crippen molar-refractivity contribution < 1.29 is 27.5 Å². The van der Waals surface area contributed by atoms with Gasteiger partial charge >= 0.3 is 12.0 Å². The van der Waals surface area contributed by atoms with E-state index in [-0.39, 0.29) is 11.4 Å². The van der Waals surface area contributed by atoms with Gasteiger partial charge in [-0.15, -0.1) is 0 Å². The largest absolute Gasteiger partial charge is 0.451 e. The molecule has 0 radical (unpaired) electrons. The minimum atomic E-state index is -3.90. The smallest absolute Gasteiger partial charge is 0.327 e. The first kappa shape index (κ1) is 18.2. The summed E-state index contributed by atoms with van der Waals surface area (Å²) in [6, 6.07) is 9.50. The van der Waals surface area contributed by atoms with Crippen LogP contribution in [0.25, 0.3) is 10.8 Å². The highest BCUT2D eigenvalue weighted by Crippen LogP contribution is 2.41. The molecule has 10 heteroatoms. The van der Waals surface area contributed by atoms with Crippen LogP contribution in [0, 0.1) is 0 Å². The number of carbonyl (C=O) groups is 3. The molecule has 2 aliphatic rings. The maximum Gasteiger partial charge on any atom is 0.327 e. The molecule has 9 nitrogen and oxygen atoms in total. The fourth-order valence-electron chi connectivity index (χ4n) is 3.43. The van der Waals surface area contributed by atoms with Gasteiger partial charge < -0.3 is 10.1 Å². The zero-order chi connectivity index (χ0) is 20.1. The molecule has 4 rings (SSSR count). The highest BCUT2D eigenvalue weighted by Gasteiger charge is 2.38. The minimum Gasteiger partial charge on any atom is -0.451 e. The van der Waals surface area contributed by atoms with Crippen LogP contribution in [-0.4, -0.2) is 57.0 Å². The Hall–Kier alpha value is -3.14. The van der Waals surface area contributed by atoms with Crippen molar-refractivity contribution >= 4 is 44.4 Å². The lowest BCUT2D eigenvalue weighted by Gasteiger charge is -2.21. The van der Waals surface area contributed by atoms with E-state index in [1.807, 2.05) is 0 Å². The lowest BCUT2D eigenvalue weighted by atomic mass is 10.1. The number of rotatable bonds is 4. The molecule has 0 aliphatic carbocycles. The van der Waals surface area contributed by atoms with Crippen molar-refractivity contribution in [2.24, 2.45) is 0 Å². The summed E-state index contributed by atoms with van der Waals surface area (Å²) in [6.45, 7) is 1.30. The summed E-state index contributed by atoms with van der Waals surface area (Å²) < 4.78 is 31.8. The SMILES string of the molecule is C[C@@H](OC(=O)CN1c2cccc3cccc(c23)S1(=O)=O)C(=O)N1CCNC1=O. The first-order valence-corrected chi connectivity index (χ1v) is 10.1. The van der Waals surface area contributed by atoms with Crippen molar-refractivity contribution in [2.45, 2.75) is 17.9 Å². The molecule has 0 bridgehead atoms. The average molecular weight is 403 g/mol. The normalized spacial score (nSPS) is 18.2. The van der Waals surface area contributed by atoms with Crippen molar-refractivity contribution in [2.75, 3.05) is 23.9 Å². The number of sulfonamides is 1. The van der Waals surface area contributed by atoms with Gasteiger partial charge in [0.05, 0.1) is 10.6 Å². The Morgan fingerprint density at radius 1 is 1.21 bits per heavy atom. The third-order valence-corrected chi connectivity index (χ3v) is 6.53. The van der Waals surface area contributed by atoms with E-state index in [1.54, 1.807) is 30.3 Å². The molecular weight excluding hydrogens is 386 g/mol. The molecule has 3 amide bonds. The zero-order valence-corrected chi connectivity index (χ0v) is 15.7. The van der Waals surface area contributed by atoms with Gasteiger partial charge in [-0.2, -0.15) is 0 Å². The van der Waals surface area contributed by atoms with Crippen LogP contribution in [0.3, 0.4) is 0 Å². The van der Waals surface area contributed by atoms with Gasteiger partial charge in [0, 0.05) is 18.5 Å². The van der Waals surface area contributed by atoms with Crippen molar-refractivity contribution in [3.8, 4) is 0 Å². The van der Waals surface area contributed by atoms with Crippen LogP contribution >= 0.6 is 0 Å². The van der Waals surface area contributed by atoms with Gasteiger partial charge in [-0.1, -0.05) is 24.3 Å². The van der Waals surface area contributed by atoms with Gasteiger partial charge in [-0.05, 0) is 24.4 Å². The first-order chi connectivity index (χ1) is 13.3. The van der Waals surface area contributed by atoms with Crippen LogP contribution in [0.1, 0.15) is 6.92 Å². The summed E-state index contributed by atoms with van der Waals surface area (Å²) in [5.74, 6) is -1.54. The molecule has 0 saturated carbocycles. The molecule has 0 aromatic heterocycles. The van der Waals surface area contributed by atoms with E-state index in [9.17, 15) is 22.8 Å². The van der Waals surface area contributed by atoms with Gasteiger partial charge in [0.15, 0.2) is 6.10 Å². The Morgan fingerprint density at radius 2 is 1.93 bits per heavy atom. The van der Waals surface area contributed by atoms with Crippen LogP contribution in [0.5, 0.6) is 0 Å². The van der Waals surface area contributed by atoms with Crippen molar-refractivity contribution in [3.63, 3.8) is 0 Å². The number of amides is 3. The standard InChI is InChI=1S/C18H17N3O6S/c1-11(17(23)20-9-8-19-18(20)24)27-15(22)10-21-13-6-2-4-12-5-3-7-14(16(12)13)28(21,25)26/h2-7,11H,8-10H2,1H3,(H,19,24)/t11-/m1/s1. The van der Waals surface area contributed by atoms with E-state index in [2.05, 4.69) is 5.32 Å². The lowest BCUT2D eigenvalue weighted by molar-refractivity contribution is -0.156. The fourth-order valence-corrected chi connectivity index (χ4v) is 5.09. The Kier molecular flexibility index (Phi) is 4.22. The number of carbonyl (C=O) groups excluding carboxylic acids is 3. The quantitative estimate of drug-likeness (QED) is 0.757. The van der Waals surface area contributed by atoms with E-state index < -0.39 is 40.6 Å². The van der Waals surface area contributed by atoms with Crippen LogP contribution in [-0.2, 0) is 24.3 Å². The molecular formula is C18H17N3O6S. The van der Waals surface area contributed by atoms with Crippen LogP contribution < -0.4 is 9.62 Å². The summed E-state index contributed by atoms with van der Waals surface area (Å²) in [5.41, 5.74) is 0.392. The third-order valence-electron chi connectivity index (χ3n) is 4.73. The Bertz CT molecular complexity index is 1110. The lowest BCUT2D eigenvalue weighted by Crippen LogP contribution is -2.43. The van der Waals surface area contributed by atoms with Crippen molar-refractivity contribution in [3.05, 3.63) is 36.4 Å². The van der Waals surface area contributed by atoms with Crippen LogP contribution in [0.15, 0.2) is 41.3 Å². The van der Waals surface area contributed by atoms with Gasteiger partial charge in [0.25, 0.3) is 15.9 Å². The second kappa shape index (κ2) is 6.48. The second-order valence-electron chi connectivity index (χ2n) is 6.50. The average Bonchev–Trinajstić information content (AvgIpc) is 3.18. The summed E-state index contributed by atoms with van der Waals surface area (Å²) in [5, 5.41) is 3.79. The number of anilines is 1. The number of nitrogens with zero attached hydrogens (tertiary/aromatic N) is 2. The number of imide groups is 1. The van der Waals surface area contributed by atoms with Gasteiger partial charge in [-0.3, -0.25) is 18.8 Å². The molecule has 2 aliphatic heterocycles. The molecule has 28 heavy (non-hydrogen) atoms. The van der Waals surface area contributed by atoms with Crippen LogP contribution in [0.2, 0.25) is 0 Å². The highest BCUT2D eigenvalue weighted by atomic mass is 32.2. The number of nitrogens with one attached hydrogen (secondary N) is 1. The molecule has 2 heterocycles. The molecule has 1 fully saturated rings. The number of esters is 1. The number of ether oxygens (including phenoxy) is 1. The van der Waals surface area contributed by atoms with E-state index >= 15 is 0 Å². The Labute approximate surface area is 160 Å². The van der Waals surface area contributed by atoms with Crippen molar-refractivity contribution in [1.82, 2.24) is 10.2 Å². The Balaban J connectivity index is 1.53. The predicted octanol–water partition coefficient (Wildman–Crippen LogP) is 0.832. The van der Waals surface area contributed by atoms with Crippen molar-refractivity contribution in [1.29, 1.82) is 0 Å². The topological polar surface area (TPSA) is 113 Å². The minimum absolute atomic E-state index is 0.131. The van der Waals surface area contributed by atoms with Gasteiger partial charge in [0.2, 0.25) is 0 Å². The van der Waals surface area contributed by atoms with E-state index in [1.165, 1.54) is 13.0 Å². The van der Waals surface area contributed by atoms with Gasteiger partial charge in [0.1, 0.15) is 6.54 Å². The molecule has 0 spiro atoms. The van der Waals surface area contributed by atoms with Crippen LogP contribution in [0.4, 0.5) is 10.5 Å². The zero-order valence-electron chi connectivity index (χ0n) is 14.9. The van der Waals surface area contributed by atoms with E-state index in [0.29, 0.717) is 17.6 Å². The van der Waals surface area contributed by atoms with Gasteiger partial charge in [-0.25, -0.2) is 13.2 Å².